The Hall–Kier alpha value is -3.71. The summed E-state index contributed by atoms with van der Waals surface area (Å²) in [6.45, 7) is 4.17. The van der Waals surface area contributed by atoms with E-state index in [9.17, 15) is 19.5 Å². The van der Waals surface area contributed by atoms with Gasteiger partial charge in [0.25, 0.3) is 5.56 Å². The van der Waals surface area contributed by atoms with E-state index in [2.05, 4.69) is 10.6 Å². The SMILES string of the molecule is CC[C@@]1(O)C(=O)OCc2c1cc1n(c2=O)Cc2c-1nc1cc(F)c(C)c3c1c2[C@@H](OCCOCNC(=O)CNC)CC3. The van der Waals surface area contributed by atoms with Crippen molar-refractivity contribution in [3.05, 3.63) is 61.7 Å². The number of aryl methyl sites for hydroxylation is 1. The van der Waals surface area contributed by atoms with Crippen LogP contribution in [-0.4, -0.2) is 60.1 Å². The standard InChI is InChI=1S/C30H33FN4O7/c1-4-30(39)19-9-22-27-17(12-35(22)28(37)18(19)13-42-29(30)38)26-23(41-8-7-40-14-33-24(36)11-32-3)6-5-16-15(2)20(31)10-21(34-27)25(16)26/h9-10,23,32,39H,4-8,11-14H2,1-3H3,(H,33,36)/t23-,30-/m0/s1. The Morgan fingerprint density at radius 2 is 2.07 bits per heavy atom. The summed E-state index contributed by atoms with van der Waals surface area (Å²) < 4.78 is 33.6. The molecule has 4 heterocycles. The molecule has 42 heavy (non-hydrogen) atoms. The van der Waals surface area contributed by atoms with Crippen molar-refractivity contribution in [2.75, 3.05) is 33.5 Å². The van der Waals surface area contributed by atoms with E-state index in [1.807, 2.05) is 0 Å². The van der Waals surface area contributed by atoms with Crippen molar-refractivity contribution in [1.82, 2.24) is 20.2 Å². The van der Waals surface area contributed by atoms with Crippen molar-refractivity contribution in [2.24, 2.45) is 0 Å². The summed E-state index contributed by atoms with van der Waals surface area (Å²) in [5, 5.41) is 17.4. The third-order valence-corrected chi connectivity index (χ3v) is 8.58. The van der Waals surface area contributed by atoms with Gasteiger partial charge in [0, 0.05) is 22.6 Å². The van der Waals surface area contributed by atoms with Gasteiger partial charge in [0.05, 0.1) is 54.9 Å². The van der Waals surface area contributed by atoms with E-state index in [1.54, 1.807) is 31.5 Å². The first-order valence-electron chi connectivity index (χ1n) is 14.1. The molecule has 3 aromatic rings. The predicted molar refractivity (Wildman–Crippen MR) is 149 cm³/mol. The Morgan fingerprint density at radius 3 is 2.83 bits per heavy atom. The first kappa shape index (κ1) is 28.4. The molecule has 1 aliphatic carbocycles. The summed E-state index contributed by atoms with van der Waals surface area (Å²) in [5.41, 5.74) is 2.69. The van der Waals surface area contributed by atoms with Crippen molar-refractivity contribution in [1.29, 1.82) is 0 Å². The highest BCUT2D eigenvalue weighted by atomic mass is 19.1. The molecule has 0 saturated carbocycles. The largest absolute Gasteiger partial charge is 0.458 e. The maximum absolute atomic E-state index is 15.0. The number of aliphatic hydroxyl groups is 1. The zero-order valence-corrected chi connectivity index (χ0v) is 23.8. The van der Waals surface area contributed by atoms with Crippen LogP contribution >= 0.6 is 0 Å². The van der Waals surface area contributed by atoms with Crippen LogP contribution in [0.5, 0.6) is 0 Å². The lowest BCUT2D eigenvalue weighted by molar-refractivity contribution is -0.172. The highest BCUT2D eigenvalue weighted by Crippen LogP contribution is 2.46. The molecule has 0 unspecified atom stereocenters. The van der Waals surface area contributed by atoms with E-state index >= 15 is 4.39 Å². The molecule has 0 fully saturated rings. The van der Waals surface area contributed by atoms with E-state index in [1.165, 1.54) is 6.07 Å². The van der Waals surface area contributed by atoms with Crippen molar-refractivity contribution < 1.29 is 33.3 Å². The third-order valence-electron chi connectivity index (χ3n) is 8.58. The molecule has 2 aromatic heterocycles. The first-order chi connectivity index (χ1) is 20.2. The van der Waals surface area contributed by atoms with Crippen LogP contribution in [0, 0.1) is 12.7 Å². The minimum atomic E-state index is -1.94. The van der Waals surface area contributed by atoms with Gasteiger partial charge < -0.3 is 34.5 Å². The Morgan fingerprint density at radius 1 is 1.26 bits per heavy atom. The zero-order valence-electron chi connectivity index (χ0n) is 23.8. The number of hydrogen-bond donors (Lipinski definition) is 3. The number of benzene rings is 1. The number of carbonyl (C=O) groups is 2. The second-order valence-electron chi connectivity index (χ2n) is 10.9. The van der Waals surface area contributed by atoms with Crippen LogP contribution in [0.4, 0.5) is 4.39 Å². The number of amides is 1. The number of esters is 1. The molecule has 2 atom stereocenters. The fourth-order valence-corrected chi connectivity index (χ4v) is 6.35. The van der Waals surface area contributed by atoms with Crippen molar-refractivity contribution in [2.45, 2.75) is 58.0 Å². The molecule has 2 aliphatic heterocycles. The summed E-state index contributed by atoms with van der Waals surface area (Å²) in [7, 11) is 1.68. The number of halogens is 1. The van der Waals surface area contributed by atoms with Crippen LogP contribution in [0.25, 0.3) is 22.3 Å². The van der Waals surface area contributed by atoms with Gasteiger partial charge in [-0.15, -0.1) is 0 Å². The number of ether oxygens (including phenoxy) is 3. The Kier molecular flexibility index (Phi) is 7.34. The van der Waals surface area contributed by atoms with E-state index in [-0.39, 0.29) is 80.6 Å². The van der Waals surface area contributed by atoms with Gasteiger partial charge in [0.1, 0.15) is 19.2 Å². The lowest BCUT2D eigenvalue weighted by atomic mass is 9.82. The van der Waals surface area contributed by atoms with Gasteiger partial charge in [-0.2, -0.15) is 0 Å². The molecular formula is C30H33FN4O7. The molecule has 0 spiro atoms. The summed E-state index contributed by atoms with van der Waals surface area (Å²) in [6.07, 6.45) is 0.877. The number of aromatic nitrogens is 2. The second kappa shape index (κ2) is 10.8. The summed E-state index contributed by atoms with van der Waals surface area (Å²) in [6, 6.07) is 3.06. The van der Waals surface area contributed by atoms with Crippen LogP contribution in [0.2, 0.25) is 0 Å². The van der Waals surface area contributed by atoms with Crippen molar-refractivity contribution in [3.63, 3.8) is 0 Å². The quantitative estimate of drug-likeness (QED) is 0.154. The number of likely N-dealkylation sites (N-methyl/N-ethyl adjacent to an activating group) is 1. The van der Waals surface area contributed by atoms with Crippen LogP contribution in [0.3, 0.4) is 0 Å². The molecular weight excluding hydrogens is 547 g/mol. The smallest absolute Gasteiger partial charge is 0.343 e. The number of cyclic esters (lactones) is 1. The second-order valence-corrected chi connectivity index (χ2v) is 10.9. The molecule has 3 N–H and O–H groups in total. The monoisotopic (exact) mass is 580 g/mol. The third kappa shape index (κ3) is 4.41. The molecule has 12 heteroatoms. The minimum Gasteiger partial charge on any atom is -0.458 e. The number of fused-ring (bicyclic) bond motifs is 5. The van der Waals surface area contributed by atoms with Crippen molar-refractivity contribution >= 4 is 22.8 Å². The zero-order chi connectivity index (χ0) is 29.8. The average molecular weight is 581 g/mol. The summed E-state index contributed by atoms with van der Waals surface area (Å²) >= 11 is 0. The molecule has 3 aliphatic rings. The van der Waals surface area contributed by atoms with E-state index < -0.39 is 11.6 Å². The molecule has 1 aromatic carbocycles. The highest BCUT2D eigenvalue weighted by Gasteiger charge is 2.46. The Bertz CT molecular complexity index is 1690. The Labute approximate surface area is 241 Å². The predicted octanol–water partition coefficient (Wildman–Crippen LogP) is 1.84. The maximum atomic E-state index is 15.0. The van der Waals surface area contributed by atoms with E-state index in [0.717, 1.165) is 22.1 Å². The maximum Gasteiger partial charge on any atom is 0.343 e. The van der Waals surface area contributed by atoms with Crippen LogP contribution in [0.15, 0.2) is 16.9 Å². The molecule has 11 nitrogen and oxygen atoms in total. The number of hydrogen-bond acceptors (Lipinski definition) is 9. The molecule has 222 valence electrons. The summed E-state index contributed by atoms with van der Waals surface area (Å²) in [5.74, 6) is -1.32. The van der Waals surface area contributed by atoms with Gasteiger partial charge in [0.2, 0.25) is 5.91 Å². The van der Waals surface area contributed by atoms with Crippen LogP contribution in [0.1, 0.15) is 59.3 Å². The van der Waals surface area contributed by atoms with Crippen LogP contribution in [-0.2, 0) is 49.0 Å². The van der Waals surface area contributed by atoms with Gasteiger partial charge in [-0.1, -0.05) is 6.92 Å². The first-order valence-corrected chi connectivity index (χ1v) is 14.1. The topological polar surface area (TPSA) is 141 Å². The molecule has 1 amide bonds. The van der Waals surface area contributed by atoms with Crippen molar-refractivity contribution in [3.8, 4) is 11.4 Å². The molecule has 0 bridgehead atoms. The lowest BCUT2D eigenvalue weighted by Gasteiger charge is -2.31. The number of pyridine rings is 2. The Balaban J connectivity index is 1.39. The van der Waals surface area contributed by atoms with Gasteiger partial charge in [-0.05, 0) is 56.0 Å². The van der Waals surface area contributed by atoms with Gasteiger partial charge in [0.15, 0.2) is 5.60 Å². The number of rotatable bonds is 9. The number of carbonyl (C=O) groups excluding carboxylic acids is 2. The lowest BCUT2D eigenvalue weighted by Crippen LogP contribution is -2.44. The van der Waals surface area contributed by atoms with Gasteiger partial charge in [-0.25, -0.2) is 14.2 Å². The van der Waals surface area contributed by atoms with Gasteiger partial charge in [-0.3, -0.25) is 9.59 Å². The molecule has 6 rings (SSSR count). The van der Waals surface area contributed by atoms with E-state index in [0.29, 0.717) is 35.3 Å². The van der Waals surface area contributed by atoms with E-state index in [4.69, 9.17) is 19.2 Å². The van der Waals surface area contributed by atoms with Gasteiger partial charge >= 0.3 is 5.97 Å². The fraction of sp³-hybridized carbons (Fsp3) is 0.467. The highest BCUT2D eigenvalue weighted by molar-refractivity contribution is 5.93. The van der Waals surface area contributed by atoms with Crippen LogP contribution < -0.4 is 16.2 Å². The molecule has 0 saturated heterocycles. The fourth-order valence-electron chi connectivity index (χ4n) is 6.35. The minimum absolute atomic E-state index is 0.0377. The summed E-state index contributed by atoms with van der Waals surface area (Å²) in [4.78, 5) is 42.7. The number of nitrogens with one attached hydrogen (secondary N) is 2. The number of nitrogens with zero attached hydrogens (tertiary/aromatic N) is 2. The average Bonchev–Trinajstić information content (AvgIpc) is 3.35. The normalized spacial score (nSPS) is 20.2. The molecule has 0 radical (unpaired) electrons.